The van der Waals surface area contributed by atoms with E-state index in [0.29, 0.717) is 18.3 Å². The van der Waals surface area contributed by atoms with E-state index < -0.39 is 17.2 Å². The van der Waals surface area contributed by atoms with Crippen LogP contribution in [0.4, 0.5) is 8.78 Å². The van der Waals surface area contributed by atoms with Crippen LogP contribution < -0.4 is 0 Å². The van der Waals surface area contributed by atoms with Gasteiger partial charge in [0.05, 0.1) is 5.60 Å². The van der Waals surface area contributed by atoms with Gasteiger partial charge in [-0.15, -0.1) is 0 Å². The van der Waals surface area contributed by atoms with Gasteiger partial charge in [0.25, 0.3) is 0 Å². The fourth-order valence-corrected chi connectivity index (χ4v) is 3.75. The molecule has 0 aromatic heterocycles. The highest BCUT2D eigenvalue weighted by Crippen LogP contribution is 2.43. The first kappa shape index (κ1) is 15.4. The van der Waals surface area contributed by atoms with Crippen molar-refractivity contribution in [2.75, 3.05) is 0 Å². The van der Waals surface area contributed by atoms with Gasteiger partial charge in [0.1, 0.15) is 11.6 Å². The molecule has 1 aliphatic carbocycles. The van der Waals surface area contributed by atoms with E-state index in [-0.39, 0.29) is 17.9 Å². The van der Waals surface area contributed by atoms with Crippen LogP contribution in [0.5, 0.6) is 0 Å². The van der Waals surface area contributed by atoms with Gasteiger partial charge in [0, 0.05) is 12.0 Å². The monoisotopic (exact) mass is 282 g/mol. The zero-order chi connectivity index (χ0) is 14.9. The third-order valence-electron chi connectivity index (χ3n) is 4.71. The standard InChI is InChI=1S/C17H24F2O/c1-11(2)14-8-7-12(3)9-17(14,20)10-13-15(18)5-4-6-16(13)19/h4-6,11-12,14,20H,7-10H2,1-3H3. The van der Waals surface area contributed by atoms with Crippen LogP contribution in [0.2, 0.25) is 0 Å². The lowest BCUT2D eigenvalue weighted by molar-refractivity contribution is -0.0804. The van der Waals surface area contributed by atoms with Gasteiger partial charge in [-0.05, 0) is 42.7 Å². The van der Waals surface area contributed by atoms with E-state index in [1.165, 1.54) is 18.2 Å². The molecular weight excluding hydrogens is 258 g/mol. The van der Waals surface area contributed by atoms with Crippen LogP contribution in [0.1, 0.15) is 45.6 Å². The van der Waals surface area contributed by atoms with Gasteiger partial charge in [-0.1, -0.05) is 33.3 Å². The summed E-state index contributed by atoms with van der Waals surface area (Å²) in [6.07, 6.45) is 2.68. The van der Waals surface area contributed by atoms with Crippen LogP contribution in [0.3, 0.4) is 0 Å². The minimum Gasteiger partial charge on any atom is -0.389 e. The Labute approximate surface area is 120 Å². The van der Waals surface area contributed by atoms with Crippen LogP contribution in [-0.2, 0) is 6.42 Å². The lowest BCUT2D eigenvalue weighted by Crippen LogP contribution is -2.47. The number of benzene rings is 1. The second kappa shape index (κ2) is 5.80. The van der Waals surface area contributed by atoms with Crippen molar-refractivity contribution in [1.29, 1.82) is 0 Å². The predicted octanol–water partition coefficient (Wildman–Crippen LogP) is 4.33. The molecule has 0 saturated heterocycles. The highest BCUT2D eigenvalue weighted by atomic mass is 19.1. The van der Waals surface area contributed by atoms with E-state index in [4.69, 9.17) is 0 Å². The van der Waals surface area contributed by atoms with Crippen molar-refractivity contribution in [3.8, 4) is 0 Å². The number of hydrogen-bond acceptors (Lipinski definition) is 1. The summed E-state index contributed by atoms with van der Waals surface area (Å²) in [6.45, 7) is 6.24. The summed E-state index contributed by atoms with van der Waals surface area (Å²) >= 11 is 0. The smallest absolute Gasteiger partial charge is 0.129 e. The molecule has 1 saturated carbocycles. The summed E-state index contributed by atoms with van der Waals surface area (Å²) < 4.78 is 27.7. The lowest BCUT2D eigenvalue weighted by atomic mass is 9.65. The minimum absolute atomic E-state index is 0.0229. The Bertz CT molecular complexity index is 452. The van der Waals surface area contributed by atoms with Crippen molar-refractivity contribution in [3.05, 3.63) is 35.4 Å². The molecule has 1 nitrogen and oxygen atoms in total. The molecule has 1 fully saturated rings. The molecule has 3 unspecified atom stereocenters. The van der Waals surface area contributed by atoms with E-state index in [1.54, 1.807) is 0 Å². The Hall–Kier alpha value is -0.960. The van der Waals surface area contributed by atoms with Gasteiger partial charge < -0.3 is 5.11 Å². The fraction of sp³-hybridized carbons (Fsp3) is 0.647. The van der Waals surface area contributed by atoms with Crippen molar-refractivity contribution in [3.63, 3.8) is 0 Å². The summed E-state index contributed by atoms with van der Waals surface area (Å²) in [5.41, 5.74) is -0.982. The molecule has 0 heterocycles. The molecule has 112 valence electrons. The number of hydrogen-bond donors (Lipinski definition) is 1. The topological polar surface area (TPSA) is 20.2 Å². The van der Waals surface area contributed by atoms with E-state index in [2.05, 4.69) is 20.8 Å². The lowest BCUT2D eigenvalue weighted by Gasteiger charge is -2.45. The Morgan fingerprint density at radius 3 is 2.40 bits per heavy atom. The van der Waals surface area contributed by atoms with Gasteiger partial charge in [-0.3, -0.25) is 0 Å². The van der Waals surface area contributed by atoms with Crippen LogP contribution in [0.15, 0.2) is 18.2 Å². The molecule has 1 aliphatic rings. The maximum atomic E-state index is 13.8. The Kier molecular flexibility index (Phi) is 4.48. The summed E-state index contributed by atoms with van der Waals surface area (Å²) in [5.74, 6) is -0.316. The molecule has 0 radical (unpaired) electrons. The average Bonchev–Trinajstić information content (AvgIpc) is 2.33. The predicted molar refractivity (Wildman–Crippen MR) is 76.4 cm³/mol. The molecule has 1 aromatic carbocycles. The summed E-state index contributed by atoms with van der Waals surface area (Å²) in [6, 6.07) is 3.89. The van der Waals surface area contributed by atoms with Crippen LogP contribution >= 0.6 is 0 Å². The third kappa shape index (κ3) is 3.03. The van der Waals surface area contributed by atoms with E-state index >= 15 is 0 Å². The van der Waals surface area contributed by atoms with Crippen molar-refractivity contribution >= 4 is 0 Å². The molecule has 0 spiro atoms. The molecule has 0 amide bonds. The first-order chi connectivity index (χ1) is 9.33. The van der Waals surface area contributed by atoms with E-state index in [0.717, 1.165) is 12.8 Å². The fourth-order valence-electron chi connectivity index (χ4n) is 3.75. The second-order valence-electron chi connectivity index (χ2n) is 6.72. The summed E-state index contributed by atoms with van der Waals surface area (Å²) in [7, 11) is 0. The maximum absolute atomic E-state index is 13.8. The average molecular weight is 282 g/mol. The zero-order valence-electron chi connectivity index (χ0n) is 12.5. The maximum Gasteiger partial charge on any atom is 0.129 e. The van der Waals surface area contributed by atoms with E-state index in [9.17, 15) is 13.9 Å². The first-order valence-corrected chi connectivity index (χ1v) is 7.49. The van der Waals surface area contributed by atoms with Crippen molar-refractivity contribution in [1.82, 2.24) is 0 Å². The van der Waals surface area contributed by atoms with Crippen molar-refractivity contribution in [2.45, 2.75) is 52.1 Å². The molecule has 0 aliphatic heterocycles. The number of aliphatic hydroxyl groups is 1. The van der Waals surface area contributed by atoms with E-state index in [1.807, 2.05) is 0 Å². The largest absolute Gasteiger partial charge is 0.389 e. The molecule has 20 heavy (non-hydrogen) atoms. The highest BCUT2D eigenvalue weighted by molar-refractivity contribution is 5.22. The molecule has 1 N–H and O–H groups in total. The van der Waals surface area contributed by atoms with Gasteiger partial charge in [-0.2, -0.15) is 0 Å². The molecule has 3 heteroatoms. The van der Waals surface area contributed by atoms with Gasteiger partial charge in [0.2, 0.25) is 0 Å². The number of halogens is 2. The molecule has 1 aromatic rings. The molecular formula is C17H24F2O. The minimum atomic E-state index is -1.01. The van der Waals surface area contributed by atoms with Gasteiger partial charge in [-0.25, -0.2) is 8.78 Å². The van der Waals surface area contributed by atoms with Gasteiger partial charge in [0.15, 0.2) is 0 Å². The Balaban J connectivity index is 2.31. The van der Waals surface area contributed by atoms with Crippen molar-refractivity contribution < 1.29 is 13.9 Å². The first-order valence-electron chi connectivity index (χ1n) is 7.49. The highest BCUT2D eigenvalue weighted by Gasteiger charge is 2.43. The molecule has 2 rings (SSSR count). The third-order valence-corrected chi connectivity index (χ3v) is 4.71. The van der Waals surface area contributed by atoms with Crippen LogP contribution in [0, 0.1) is 29.4 Å². The second-order valence-corrected chi connectivity index (χ2v) is 6.72. The quantitative estimate of drug-likeness (QED) is 0.875. The van der Waals surface area contributed by atoms with Gasteiger partial charge >= 0.3 is 0 Å². The normalized spacial score (nSPS) is 30.8. The van der Waals surface area contributed by atoms with Crippen molar-refractivity contribution in [2.24, 2.45) is 17.8 Å². The Morgan fingerprint density at radius 1 is 1.25 bits per heavy atom. The Morgan fingerprint density at radius 2 is 1.85 bits per heavy atom. The zero-order valence-corrected chi connectivity index (χ0v) is 12.5. The van der Waals surface area contributed by atoms with Crippen LogP contribution in [-0.4, -0.2) is 10.7 Å². The molecule has 0 bridgehead atoms. The summed E-state index contributed by atoms with van der Waals surface area (Å²) in [5, 5.41) is 11.0. The SMILES string of the molecule is CC1CCC(C(C)C)C(O)(Cc2c(F)cccc2F)C1. The number of rotatable bonds is 3. The summed E-state index contributed by atoms with van der Waals surface area (Å²) in [4.78, 5) is 0. The molecule has 3 atom stereocenters. The van der Waals surface area contributed by atoms with Crippen LogP contribution in [0.25, 0.3) is 0 Å².